The second-order valence-corrected chi connectivity index (χ2v) is 7.92. The summed E-state index contributed by atoms with van der Waals surface area (Å²) in [5.41, 5.74) is 2.14. The summed E-state index contributed by atoms with van der Waals surface area (Å²) in [6, 6.07) is 16.7. The fourth-order valence-electron chi connectivity index (χ4n) is 3.03. The van der Waals surface area contributed by atoms with E-state index in [1.807, 2.05) is 30.3 Å². The highest BCUT2D eigenvalue weighted by Crippen LogP contribution is 2.20. The van der Waals surface area contributed by atoms with Crippen LogP contribution in [0.25, 0.3) is 0 Å². The molecule has 1 heterocycles. The number of carbonyl (C=O) groups excluding carboxylic acids is 3. The SMILES string of the molecule is CC(=O)Nc1cccc(NC(=O)CC2CC(=O)NC(SCc3ccccc3)N2)c1. The third kappa shape index (κ3) is 6.92. The summed E-state index contributed by atoms with van der Waals surface area (Å²) in [6.45, 7) is 1.43. The van der Waals surface area contributed by atoms with E-state index in [1.165, 1.54) is 12.5 Å². The molecule has 4 N–H and O–H groups in total. The lowest BCUT2D eigenvalue weighted by molar-refractivity contribution is -0.124. The van der Waals surface area contributed by atoms with Crippen LogP contribution in [0, 0.1) is 0 Å². The second-order valence-electron chi connectivity index (χ2n) is 6.83. The second kappa shape index (κ2) is 10.1. The first-order chi connectivity index (χ1) is 14.0. The molecule has 3 rings (SSSR count). The highest BCUT2D eigenvalue weighted by atomic mass is 32.2. The molecule has 29 heavy (non-hydrogen) atoms. The van der Waals surface area contributed by atoms with Crippen molar-refractivity contribution in [2.24, 2.45) is 0 Å². The Labute approximate surface area is 174 Å². The van der Waals surface area contributed by atoms with Gasteiger partial charge in [0.2, 0.25) is 17.7 Å². The van der Waals surface area contributed by atoms with Gasteiger partial charge >= 0.3 is 0 Å². The van der Waals surface area contributed by atoms with Crippen molar-refractivity contribution in [3.8, 4) is 0 Å². The van der Waals surface area contributed by atoms with Crippen LogP contribution in [0.4, 0.5) is 11.4 Å². The van der Waals surface area contributed by atoms with Gasteiger partial charge in [-0.3, -0.25) is 19.7 Å². The summed E-state index contributed by atoms with van der Waals surface area (Å²) in [5, 5.41) is 11.7. The van der Waals surface area contributed by atoms with Gasteiger partial charge in [-0.2, -0.15) is 0 Å². The standard InChI is InChI=1S/C21H24N4O3S/c1-14(26)22-16-8-5-9-17(10-16)23-19(27)11-18-12-20(28)25-21(24-18)29-13-15-6-3-2-4-7-15/h2-10,18,21,24H,11-13H2,1H3,(H,22,26)(H,23,27)(H,25,28). The average molecular weight is 413 g/mol. The van der Waals surface area contributed by atoms with Gasteiger partial charge in [0.25, 0.3) is 0 Å². The van der Waals surface area contributed by atoms with Crippen LogP contribution in [0.5, 0.6) is 0 Å². The van der Waals surface area contributed by atoms with Crippen LogP contribution in [0.3, 0.4) is 0 Å². The van der Waals surface area contributed by atoms with Gasteiger partial charge in [-0.25, -0.2) is 0 Å². The molecule has 1 aliphatic heterocycles. The Hall–Kier alpha value is -2.84. The van der Waals surface area contributed by atoms with Gasteiger partial charge in [0, 0.05) is 42.9 Å². The number of benzene rings is 2. The van der Waals surface area contributed by atoms with Crippen molar-refractivity contribution in [1.29, 1.82) is 0 Å². The van der Waals surface area contributed by atoms with E-state index in [1.54, 1.807) is 36.0 Å². The highest BCUT2D eigenvalue weighted by molar-refractivity contribution is 7.99. The maximum absolute atomic E-state index is 12.4. The molecular weight excluding hydrogens is 388 g/mol. The Morgan fingerprint density at radius 2 is 1.79 bits per heavy atom. The van der Waals surface area contributed by atoms with Gasteiger partial charge in [0.15, 0.2) is 0 Å². The van der Waals surface area contributed by atoms with Crippen molar-refractivity contribution in [2.75, 3.05) is 10.6 Å². The molecule has 3 amide bonds. The Balaban J connectivity index is 1.51. The number of thioether (sulfide) groups is 1. The Morgan fingerprint density at radius 1 is 1.07 bits per heavy atom. The molecule has 2 aromatic rings. The van der Waals surface area contributed by atoms with Crippen molar-refractivity contribution in [1.82, 2.24) is 10.6 Å². The van der Waals surface area contributed by atoms with Crippen LogP contribution < -0.4 is 21.3 Å². The van der Waals surface area contributed by atoms with Crippen molar-refractivity contribution < 1.29 is 14.4 Å². The van der Waals surface area contributed by atoms with Gasteiger partial charge in [-0.1, -0.05) is 36.4 Å². The minimum absolute atomic E-state index is 0.0697. The quantitative estimate of drug-likeness (QED) is 0.560. The van der Waals surface area contributed by atoms with Gasteiger partial charge in [0.05, 0.1) is 0 Å². The number of hydrogen-bond acceptors (Lipinski definition) is 5. The monoisotopic (exact) mass is 412 g/mol. The fraction of sp³-hybridized carbons (Fsp3) is 0.286. The molecule has 0 aromatic heterocycles. The highest BCUT2D eigenvalue weighted by Gasteiger charge is 2.27. The summed E-state index contributed by atoms with van der Waals surface area (Å²) < 4.78 is 0. The predicted octanol–water partition coefficient (Wildman–Crippen LogP) is 2.67. The molecule has 0 spiro atoms. The minimum Gasteiger partial charge on any atom is -0.332 e. The summed E-state index contributed by atoms with van der Waals surface area (Å²) in [5.74, 6) is 0.321. The molecule has 0 radical (unpaired) electrons. The smallest absolute Gasteiger partial charge is 0.225 e. The average Bonchev–Trinajstić information content (AvgIpc) is 2.66. The third-order valence-electron chi connectivity index (χ3n) is 4.27. The molecule has 1 saturated heterocycles. The van der Waals surface area contributed by atoms with Crippen LogP contribution in [-0.2, 0) is 20.1 Å². The van der Waals surface area contributed by atoms with E-state index >= 15 is 0 Å². The molecule has 0 bridgehead atoms. The topological polar surface area (TPSA) is 99.3 Å². The number of carbonyl (C=O) groups is 3. The summed E-state index contributed by atoms with van der Waals surface area (Å²) >= 11 is 1.58. The van der Waals surface area contributed by atoms with E-state index in [-0.39, 0.29) is 42.1 Å². The molecule has 152 valence electrons. The van der Waals surface area contributed by atoms with E-state index in [9.17, 15) is 14.4 Å². The summed E-state index contributed by atoms with van der Waals surface area (Å²) in [4.78, 5) is 35.6. The Kier molecular flexibility index (Phi) is 7.26. The third-order valence-corrected chi connectivity index (χ3v) is 5.36. The first kappa shape index (κ1) is 20.9. The van der Waals surface area contributed by atoms with Crippen LogP contribution in [0.15, 0.2) is 54.6 Å². The van der Waals surface area contributed by atoms with Gasteiger partial charge < -0.3 is 16.0 Å². The number of amides is 3. The van der Waals surface area contributed by atoms with E-state index in [0.717, 1.165) is 5.75 Å². The molecule has 2 atom stereocenters. The normalized spacial score (nSPS) is 18.6. The zero-order valence-corrected chi connectivity index (χ0v) is 16.9. The number of hydrogen-bond donors (Lipinski definition) is 4. The largest absolute Gasteiger partial charge is 0.332 e. The molecule has 2 aromatic carbocycles. The van der Waals surface area contributed by atoms with Crippen molar-refractivity contribution in [3.63, 3.8) is 0 Å². The number of nitrogens with one attached hydrogen (secondary N) is 4. The van der Waals surface area contributed by atoms with Crippen molar-refractivity contribution in [2.45, 2.75) is 37.1 Å². The predicted molar refractivity (Wildman–Crippen MR) is 115 cm³/mol. The fourth-order valence-corrected chi connectivity index (χ4v) is 4.09. The number of anilines is 2. The minimum atomic E-state index is -0.240. The molecule has 1 aliphatic rings. The Bertz CT molecular complexity index is 875. The summed E-state index contributed by atoms with van der Waals surface area (Å²) in [6.07, 6.45) is 0.432. The molecule has 0 saturated carbocycles. The molecule has 1 fully saturated rings. The molecule has 0 aliphatic carbocycles. The molecule has 7 nitrogen and oxygen atoms in total. The van der Waals surface area contributed by atoms with E-state index < -0.39 is 0 Å². The Morgan fingerprint density at radius 3 is 2.52 bits per heavy atom. The van der Waals surface area contributed by atoms with E-state index in [0.29, 0.717) is 11.4 Å². The summed E-state index contributed by atoms with van der Waals surface area (Å²) in [7, 11) is 0. The molecule has 8 heteroatoms. The van der Waals surface area contributed by atoms with Gasteiger partial charge in [0.1, 0.15) is 5.50 Å². The lowest BCUT2D eigenvalue weighted by atomic mass is 10.1. The lowest BCUT2D eigenvalue weighted by Crippen LogP contribution is -2.55. The first-order valence-electron chi connectivity index (χ1n) is 9.36. The van der Waals surface area contributed by atoms with Crippen molar-refractivity contribution >= 4 is 40.9 Å². The van der Waals surface area contributed by atoms with Crippen LogP contribution in [0.2, 0.25) is 0 Å². The maximum Gasteiger partial charge on any atom is 0.225 e. The number of rotatable bonds is 7. The van der Waals surface area contributed by atoms with Crippen LogP contribution in [-0.4, -0.2) is 29.3 Å². The molecule has 2 unspecified atom stereocenters. The van der Waals surface area contributed by atoms with Gasteiger partial charge in [-0.05, 0) is 23.8 Å². The first-order valence-corrected chi connectivity index (χ1v) is 10.4. The molecular formula is C21H24N4O3S. The zero-order valence-electron chi connectivity index (χ0n) is 16.1. The van der Waals surface area contributed by atoms with Crippen LogP contribution >= 0.6 is 11.8 Å². The van der Waals surface area contributed by atoms with E-state index in [2.05, 4.69) is 21.3 Å². The van der Waals surface area contributed by atoms with Crippen LogP contribution in [0.1, 0.15) is 25.3 Å². The van der Waals surface area contributed by atoms with Crippen molar-refractivity contribution in [3.05, 3.63) is 60.2 Å². The zero-order chi connectivity index (χ0) is 20.6. The van der Waals surface area contributed by atoms with Gasteiger partial charge in [-0.15, -0.1) is 11.8 Å². The van der Waals surface area contributed by atoms with E-state index in [4.69, 9.17) is 0 Å². The lowest BCUT2D eigenvalue weighted by Gasteiger charge is -2.31. The maximum atomic E-state index is 12.4.